The predicted molar refractivity (Wildman–Crippen MR) is 137 cm³/mol. The van der Waals surface area contributed by atoms with Crippen molar-refractivity contribution in [1.29, 1.82) is 0 Å². The number of hydrogen-bond acceptors (Lipinski definition) is 7. The van der Waals surface area contributed by atoms with Crippen molar-refractivity contribution in [3.05, 3.63) is 56.8 Å². The van der Waals surface area contributed by atoms with Crippen LogP contribution in [-0.2, 0) is 25.7 Å². The molecule has 184 valence electrons. The maximum Gasteiger partial charge on any atom is 0.519 e. The Bertz CT molecular complexity index is 1460. The first-order chi connectivity index (χ1) is 17.5. The minimum Gasteiger partial charge on any atom is -0.493 e. The van der Waals surface area contributed by atoms with E-state index in [0.29, 0.717) is 43.4 Å². The highest BCUT2D eigenvalue weighted by atomic mass is 35.5. The van der Waals surface area contributed by atoms with Gasteiger partial charge in [0.15, 0.2) is 23.0 Å². The number of ether oxygens (including phenoxy) is 4. The molecule has 9 heteroatoms. The number of rotatable bonds is 4. The lowest BCUT2D eigenvalue weighted by Gasteiger charge is -2.15. The third-order valence-electron chi connectivity index (χ3n) is 6.84. The van der Waals surface area contributed by atoms with Crippen molar-refractivity contribution in [2.45, 2.75) is 38.5 Å². The molecular formula is C27H22Cl2N2O5. The minimum absolute atomic E-state index is 0.175. The van der Waals surface area contributed by atoms with Gasteiger partial charge in [-0.2, -0.15) is 0 Å². The summed E-state index contributed by atoms with van der Waals surface area (Å²) >= 11 is 13.4. The van der Waals surface area contributed by atoms with E-state index in [2.05, 4.69) is 0 Å². The quantitative estimate of drug-likeness (QED) is 0.218. The third-order valence-corrected chi connectivity index (χ3v) is 7.71. The van der Waals surface area contributed by atoms with E-state index in [-0.39, 0.29) is 11.5 Å². The monoisotopic (exact) mass is 524 g/mol. The fraction of sp³-hybridized carbons (Fsp3) is 0.296. The van der Waals surface area contributed by atoms with Crippen molar-refractivity contribution in [1.82, 2.24) is 9.97 Å². The number of fused-ring (bicyclic) bond motifs is 4. The van der Waals surface area contributed by atoms with Gasteiger partial charge in [-0.1, -0.05) is 23.2 Å². The molecule has 0 N–H and O–H groups in total. The average molecular weight is 525 g/mol. The highest BCUT2D eigenvalue weighted by molar-refractivity contribution is 6.36. The molecule has 2 aliphatic carbocycles. The van der Waals surface area contributed by atoms with Crippen LogP contribution in [0.15, 0.2) is 24.3 Å². The van der Waals surface area contributed by atoms with Crippen LogP contribution in [0.5, 0.6) is 23.0 Å². The molecule has 0 bridgehead atoms. The second kappa shape index (κ2) is 8.98. The summed E-state index contributed by atoms with van der Waals surface area (Å²) in [5.41, 5.74) is 5.46. The number of aryl methyl sites for hydroxylation is 2. The van der Waals surface area contributed by atoms with Crippen molar-refractivity contribution in [3.8, 4) is 23.0 Å². The lowest BCUT2D eigenvalue weighted by Crippen LogP contribution is -2.15. The van der Waals surface area contributed by atoms with E-state index in [1.807, 2.05) is 0 Å². The van der Waals surface area contributed by atoms with E-state index in [9.17, 15) is 4.79 Å². The molecule has 36 heavy (non-hydrogen) atoms. The Labute approximate surface area is 217 Å². The zero-order valence-corrected chi connectivity index (χ0v) is 21.3. The van der Waals surface area contributed by atoms with E-state index >= 15 is 0 Å². The van der Waals surface area contributed by atoms with Gasteiger partial charge in [-0.15, -0.1) is 0 Å². The smallest absolute Gasteiger partial charge is 0.493 e. The van der Waals surface area contributed by atoms with E-state index in [1.165, 1.54) is 14.2 Å². The Morgan fingerprint density at radius 3 is 1.56 bits per heavy atom. The van der Waals surface area contributed by atoms with Gasteiger partial charge in [0.25, 0.3) is 0 Å². The number of aromatic nitrogens is 2. The molecule has 0 atom stereocenters. The number of pyridine rings is 2. The fourth-order valence-electron chi connectivity index (χ4n) is 5.11. The first kappa shape index (κ1) is 23.1. The first-order valence-corrected chi connectivity index (χ1v) is 12.5. The van der Waals surface area contributed by atoms with Gasteiger partial charge in [0.1, 0.15) is 0 Å². The van der Waals surface area contributed by atoms with Crippen LogP contribution in [0, 0.1) is 0 Å². The van der Waals surface area contributed by atoms with Gasteiger partial charge >= 0.3 is 6.16 Å². The van der Waals surface area contributed by atoms with Crippen molar-refractivity contribution in [3.63, 3.8) is 0 Å². The van der Waals surface area contributed by atoms with E-state index in [4.69, 9.17) is 52.1 Å². The van der Waals surface area contributed by atoms with E-state index < -0.39 is 6.16 Å². The maximum atomic E-state index is 12.9. The van der Waals surface area contributed by atoms with Crippen LogP contribution >= 0.6 is 23.2 Å². The van der Waals surface area contributed by atoms with Gasteiger partial charge in [-0.05, 0) is 61.8 Å². The number of benzene rings is 2. The van der Waals surface area contributed by atoms with E-state index in [0.717, 1.165) is 61.0 Å². The number of carbonyl (C=O) groups excluding carboxylic acids is 1. The summed E-state index contributed by atoms with van der Waals surface area (Å²) in [5.74, 6) is 1.03. The molecule has 0 fully saturated rings. The number of methoxy groups -OCH3 is 2. The Morgan fingerprint density at radius 1 is 0.694 bits per heavy atom. The van der Waals surface area contributed by atoms with Gasteiger partial charge in [0.2, 0.25) is 0 Å². The molecule has 2 aromatic heterocycles. The molecule has 2 heterocycles. The first-order valence-electron chi connectivity index (χ1n) is 11.7. The normalized spacial score (nSPS) is 14.1. The molecule has 0 saturated heterocycles. The predicted octanol–water partition coefficient (Wildman–Crippen LogP) is 6.66. The lowest BCUT2D eigenvalue weighted by molar-refractivity contribution is 0.148. The molecule has 0 spiro atoms. The summed E-state index contributed by atoms with van der Waals surface area (Å²) < 4.78 is 22.0. The van der Waals surface area contributed by atoms with Crippen LogP contribution in [0.1, 0.15) is 35.4 Å². The second-order valence-electron chi connectivity index (χ2n) is 8.90. The average Bonchev–Trinajstić information content (AvgIpc) is 3.54. The van der Waals surface area contributed by atoms with Crippen LogP contribution in [0.2, 0.25) is 10.0 Å². The minimum atomic E-state index is -0.958. The Hall–Kier alpha value is -3.29. The van der Waals surface area contributed by atoms with Crippen molar-refractivity contribution in [2.24, 2.45) is 0 Å². The SMILES string of the molecule is COc1cc2nc3c(c(Cl)c2cc1OC(=O)Oc1cc2c(Cl)c4c(nc2cc1OC)CCC4)CCC3. The van der Waals surface area contributed by atoms with Crippen LogP contribution in [0.3, 0.4) is 0 Å². The van der Waals surface area contributed by atoms with Gasteiger partial charge < -0.3 is 18.9 Å². The zero-order chi connectivity index (χ0) is 25.0. The second-order valence-corrected chi connectivity index (χ2v) is 9.66. The standard InChI is InChI=1S/C27H22Cl2N2O5/c1-33-21-11-19-15(25(28)13-5-3-7-17(13)30-19)9-23(21)35-27(32)36-24-10-16-20(12-22(24)34-2)31-18-8-4-6-14(18)26(16)29/h9-12H,3-8H2,1-2H3. The summed E-state index contributed by atoms with van der Waals surface area (Å²) in [4.78, 5) is 22.3. The van der Waals surface area contributed by atoms with Crippen LogP contribution in [0.4, 0.5) is 4.79 Å². The van der Waals surface area contributed by atoms with Crippen molar-refractivity contribution >= 4 is 51.2 Å². The van der Waals surface area contributed by atoms with E-state index in [1.54, 1.807) is 24.3 Å². The fourth-order valence-corrected chi connectivity index (χ4v) is 5.81. The van der Waals surface area contributed by atoms with Crippen LogP contribution in [0.25, 0.3) is 21.8 Å². The largest absolute Gasteiger partial charge is 0.519 e. The molecule has 0 radical (unpaired) electrons. The lowest BCUT2D eigenvalue weighted by atomic mass is 10.1. The molecule has 4 aromatic rings. The van der Waals surface area contributed by atoms with Gasteiger partial charge in [-0.25, -0.2) is 4.79 Å². The number of hydrogen-bond donors (Lipinski definition) is 0. The molecular weight excluding hydrogens is 503 g/mol. The van der Waals surface area contributed by atoms with Crippen LogP contribution < -0.4 is 18.9 Å². The molecule has 0 unspecified atom stereocenters. The molecule has 6 rings (SSSR count). The summed E-state index contributed by atoms with van der Waals surface area (Å²) in [7, 11) is 2.99. The Morgan fingerprint density at radius 2 is 1.14 bits per heavy atom. The van der Waals surface area contributed by atoms with Crippen LogP contribution in [-0.4, -0.2) is 30.3 Å². The van der Waals surface area contributed by atoms with Gasteiger partial charge in [0, 0.05) is 34.3 Å². The molecule has 0 saturated carbocycles. The highest BCUT2D eigenvalue weighted by Gasteiger charge is 2.24. The Kier molecular flexibility index (Phi) is 5.77. The topological polar surface area (TPSA) is 79.8 Å². The summed E-state index contributed by atoms with van der Waals surface area (Å²) in [6, 6.07) is 6.74. The van der Waals surface area contributed by atoms with Gasteiger partial charge in [-0.3, -0.25) is 9.97 Å². The van der Waals surface area contributed by atoms with Gasteiger partial charge in [0.05, 0.1) is 35.3 Å². The number of halogens is 2. The number of nitrogens with zero attached hydrogens (tertiary/aromatic N) is 2. The van der Waals surface area contributed by atoms with Crippen molar-refractivity contribution in [2.75, 3.05) is 14.2 Å². The number of carbonyl (C=O) groups is 1. The third kappa shape index (κ3) is 3.78. The highest BCUT2D eigenvalue weighted by Crippen LogP contribution is 2.41. The molecule has 0 amide bonds. The summed E-state index contributed by atoms with van der Waals surface area (Å²) in [6.07, 6.45) is 4.62. The Balaban J connectivity index is 1.34. The summed E-state index contributed by atoms with van der Waals surface area (Å²) in [6.45, 7) is 0. The molecule has 2 aliphatic rings. The molecule has 2 aromatic carbocycles. The maximum absolute atomic E-state index is 12.9. The zero-order valence-electron chi connectivity index (χ0n) is 19.7. The molecule has 0 aliphatic heterocycles. The summed E-state index contributed by atoms with van der Waals surface area (Å²) in [5, 5.41) is 2.63. The van der Waals surface area contributed by atoms with Crippen molar-refractivity contribution < 1.29 is 23.7 Å². The molecule has 7 nitrogen and oxygen atoms in total.